The number of nitrogens with one attached hydrogen (secondary N) is 2. The van der Waals surface area contributed by atoms with E-state index in [2.05, 4.69) is 15.7 Å². The van der Waals surface area contributed by atoms with Gasteiger partial charge in [0.1, 0.15) is 5.69 Å². The monoisotopic (exact) mass is 266 g/mol. The highest BCUT2D eigenvalue weighted by Gasteiger charge is 2.16. The molecule has 106 valence electrons. The Labute approximate surface area is 113 Å². The van der Waals surface area contributed by atoms with Crippen LogP contribution >= 0.6 is 0 Å². The van der Waals surface area contributed by atoms with Crippen molar-refractivity contribution in [2.45, 2.75) is 40.2 Å². The van der Waals surface area contributed by atoms with E-state index >= 15 is 0 Å². The highest BCUT2D eigenvalue weighted by Crippen LogP contribution is 2.14. The van der Waals surface area contributed by atoms with Crippen LogP contribution in [0.15, 0.2) is 6.07 Å². The molecule has 0 fully saturated rings. The van der Waals surface area contributed by atoms with E-state index in [0.717, 1.165) is 5.69 Å². The van der Waals surface area contributed by atoms with Crippen molar-refractivity contribution in [3.05, 3.63) is 17.5 Å². The number of likely N-dealkylation sites (N-methyl/N-ethyl adjacent to an activating group) is 1. The topological polar surface area (TPSA) is 76.0 Å². The minimum atomic E-state index is -0.271. The lowest BCUT2D eigenvalue weighted by molar-refractivity contribution is -0.120. The van der Waals surface area contributed by atoms with Crippen LogP contribution in [0.25, 0.3) is 0 Å². The molecule has 1 aromatic rings. The second-order valence-corrected chi connectivity index (χ2v) is 4.56. The second-order valence-electron chi connectivity index (χ2n) is 4.56. The molecule has 0 spiro atoms. The molecule has 1 heterocycles. The highest BCUT2D eigenvalue weighted by atomic mass is 16.2. The Bertz CT molecular complexity index is 451. The van der Waals surface area contributed by atoms with Crippen molar-refractivity contribution in [2.24, 2.45) is 0 Å². The Morgan fingerprint density at radius 3 is 2.53 bits per heavy atom. The molecule has 2 N–H and O–H groups in total. The molecule has 0 saturated heterocycles. The molecule has 0 aliphatic rings. The van der Waals surface area contributed by atoms with E-state index in [4.69, 9.17) is 0 Å². The molecule has 6 heteroatoms. The maximum absolute atomic E-state index is 12.0. The van der Waals surface area contributed by atoms with Crippen LogP contribution in [0.2, 0.25) is 0 Å². The summed E-state index contributed by atoms with van der Waals surface area (Å²) in [5, 5.41) is 9.59. The predicted molar refractivity (Wildman–Crippen MR) is 73.0 cm³/mol. The number of rotatable bonds is 6. The Balaban J connectivity index is 2.73. The standard InChI is InChI=1S/C13H22N4O2/c1-5-14-12(18)8-15-13(19)11-7-10(9(3)4)16-17(11)6-2/h7,9H,5-6,8H2,1-4H3,(H,14,18)(H,15,19). The average Bonchev–Trinajstić information content (AvgIpc) is 2.80. The number of amides is 2. The number of hydrogen-bond acceptors (Lipinski definition) is 3. The van der Waals surface area contributed by atoms with Gasteiger partial charge in [-0.05, 0) is 25.8 Å². The molecule has 0 saturated carbocycles. The summed E-state index contributed by atoms with van der Waals surface area (Å²) in [4.78, 5) is 23.3. The average molecular weight is 266 g/mol. The van der Waals surface area contributed by atoms with Gasteiger partial charge in [-0.3, -0.25) is 14.3 Å². The van der Waals surface area contributed by atoms with E-state index in [1.54, 1.807) is 10.7 Å². The van der Waals surface area contributed by atoms with Gasteiger partial charge in [-0.2, -0.15) is 5.10 Å². The molecule has 0 atom stereocenters. The quantitative estimate of drug-likeness (QED) is 0.803. The Hall–Kier alpha value is -1.85. The smallest absolute Gasteiger partial charge is 0.269 e. The maximum atomic E-state index is 12.0. The molecular weight excluding hydrogens is 244 g/mol. The lowest BCUT2D eigenvalue weighted by Gasteiger charge is -2.06. The van der Waals surface area contributed by atoms with E-state index in [9.17, 15) is 9.59 Å². The van der Waals surface area contributed by atoms with Crippen LogP contribution in [0.3, 0.4) is 0 Å². The zero-order valence-electron chi connectivity index (χ0n) is 12.0. The largest absolute Gasteiger partial charge is 0.355 e. The number of aryl methyl sites for hydroxylation is 1. The van der Waals surface area contributed by atoms with Crippen LogP contribution in [-0.2, 0) is 11.3 Å². The highest BCUT2D eigenvalue weighted by molar-refractivity contribution is 5.95. The fraction of sp³-hybridized carbons (Fsp3) is 0.615. The third-order valence-electron chi connectivity index (χ3n) is 2.71. The summed E-state index contributed by atoms with van der Waals surface area (Å²) in [5.41, 5.74) is 1.38. The van der Waals surface area contributed by atoms with Crippen LogP contribution in [0.5, 0.6) is 0 Å². The molecule has 0 aliphatic carbocycles. The number of nitrogens with zero attached hydrogens (tertiary/aromatic N) is 2. The zero-order chi connectivity index (χ0) is 14.4. The lowest BCUT2D eigenvalue weighted by Crippen LogP contribution is -2.37. The van der Waals surface area contributed by atoms with Gasteiger partial charge in [-0.1, -0.05) is 13.8 Å². The summed E-state index contributed by atoms with van der Waals surface area (Å²) in [7, 11) is 0. The van der Waals surface area contributed by atoms with Gasteiger partial charge in [0.15, 0.2) is 0 Å². The van der Waals surface area contributed by atoms with Crippen molar-refractivity contribution in [3.63, 3.8) is 0 Å². The second kappa shape index (κ2) is 6.92. The lowest BCUT2D eigenvalue weighted by atomic mass is 10.1. The third kappa shape index (κ3) is 4.08. The van der Waals surface area contributed by atoms with Crippen molar-refractivity contribution >= 4 is 11.8 Å². The third-order valence-corrected chi connectivity index (χ3v) is 2.71. The van der Waals surface area contributed by atoms with E-state index in [-0.39, 0.29) is 24.3 Å². The first-order chi connectivity index (χ1) is 8.99. The van der Waals surface area contributed by atoms with Gasteiger partial charge in [-0.25, -0.2) is 0 Å². The summed E-state index contributed by atoms with van der Waals surface area (Å²) >= 11 is 0. The van der Waals surface area contributed by atoms with Crippen molar-refractivity contribution in [2.75, 3.05) is 13.1 Å². The van der Waals surface area contributed by atoms with Crippen molar-refractivity contribution in [1.82, 2.24) is 20.4 Å². The Morgan fingerprint density at radius 1 is 1.32 bits per heavy atom. The van der Waals surface area contributed by atoms with E-state index in [1.165, 1.54) is 0 Å². The molecule has 1 rings (SSSR count). The van der Waals surface area contributed by atoms with Gasteiger partial charge in [0.25, 0.3) is 5.91 Å². The van der Waals surface area contributed by atoms with E-state index in [1.807, 2.05) is 27.7 Å². The SMILES string of the molecule is CCNC(=O)CNC(=O)c1cc(C(C)C)nn1CC. The molecule has 0 aromatic carbocycles. The summed E-state index contributed by atoms with van der Waals surface area (Å²) in [5.74, 6) is -0.197. The number of carbonyl (C=O) groups is 2. The molecular formula is C13H22N4O2. The van der Waals surface area contributed by atoms with Gasteiger partial charge < -0.3 is 10.6 Å². The molecule has 6 nitrogen and oxygen atoms in total. The number of aromatic nitrogens is 2. The summed E-state index contributed by atoms with van der Waals surface area (Å²) in [6.07, 6.45) is 0. The molecule has 1 aromatic heterocycles. The fourth-order valence-corrected chi connectivity index (χ4v) is 1.65. The van der Waals surface area contributed by atoms with Gasteiger partial charge in [0, 0.05) is 13.1 Å². The molecule has 0 radical (unpaired) electrons. The van der Waals surface area contributed by atoms with Crippen LogP contribution in [0.4, 0.5) is 0 Å². The van der Waals surface area contributed by atoms with Gasteiger partial charge >= 0.3 is 0 Å². The number of hydrogen-bond donors (Lipinski definition) is 2. The first-order valence-electron chi connectivity index (χ1n) is 6.62. The van der Waals surface area contributed by atoms with Crippen molar-refractivity contribution < 1.29 is 9.59 Å². The van der Waals surface area contributed by atoms with Crippen molar-refractivity contribution in [1.29, 1.82) is 0 Å². The summed E-state index contributed by atoms with van der Waals surface area (Å²) in [6.45, 7) is 8.98. The molecule has 0 aliphatic heterocycles. The first kappa shape index (κ1) is 15.2. The van der Waals surface area contributed by atoms with Crippen molar-refractivity contribution in [3.8, 4) is 0 Å². The molecule has 0 unspecified atom stereocenters. The van der Waals surface area contributed by atoms with Crippen LogP contribution < -0.4 is 10.6 Å². The maximum Gasteiger partial charge on any atom is 0.269 e. The molecule has 19 heavy (non-hydrogen) atoms. The predicted octanol–water partition coefficient (Wildman–Crippen LogP) is 0.892. The van der Waals surface area contributed by atoms with Gasteiger partial charge in [0.05, 0.1) is 12.2 Å². The minimum absolute atomic E-state index is 0.0153. The normalized spacial score (nSPS) is 10.6. The molecule has 0 bridgehead atoms. The Kier molecular flexibility index (Phi) is 5.54. The van der Waals surface area contributed by atoms with Crippen LogP contribution in [-0.4, -0.2) is 34.7 Å². The first-order valence-corrected chi connectivity index (χ1v) is 6.62. The van der Waals surface area contributed by atoms with Gasteiger partial charge in [0.2, 0.25) is 5.91 Å². The van der Waals surface area contributed by atoms with Crippen LogP contribution in [0.1, 0.15) is 49.8 Å². The summed E-state index contributed by atoms with van der Waals surface area (Å²) in [6, 6.07) is 1.78. The Morgan fingerprint density at radius 2 is 2.00 bits per heavy atom. The fourth-order valence-electron chi connectivity index (χ4n) is 1.65. The van der Waals surface area contributed by atoms with Gasteiger partial charge in [-0.15, -0.1) is 0 Å². The zero-order valence-corrected chi connectivity index (χ0v) is 12.0. The molecule has 2 amide bonds. The minimum Gasteiger partial charge on any atom is -0.355 e. The summed E-state index contributed by atoms with van der Waals surface area (Å²) < 4.78 is 1.66. The number of carbonyl (C=O) groups excluding carboxylic acids is 2. The van der Waals surface area contributed by atoms with E-state index < -0.39 is 0 Å². The van der Waals surface area contributed by atoms with E-state index in [0.29, 0.717) is 18.8 Å². The van der Waals surface area contributed by atoms with Crippen LogP contribution in [0, 0.1) is 0 Å².